The Morgan fingerprint density at radius 1 is 0.229 bits per heavy atom. The third-order valence-electron chi connectivity index (χ3n) is 25.7. The fourth-order valence-corrected chi connectivity index (χ4v) is 18.6. The van der Waals surface area contributed by atoms with Crippen LogP contribution < -0.4 is 0 Å². The smallest absolute Gasteiger partial charge is 0.0249 e. The van der Waals surface area contributed by atoms with E-state index < -0.39 is 0 Å². The van der Waals surface area contributed by atoms with E-state index >= 15 is 0 Å². The van der Waals surface area contributed by atoms with Crippen molar-refractivity contribution in [3.05, 3.63) is 214 Å². The number of hydrogen-bond acceptors (Lipinski definition) is 0. The van der Waals surface area contributed by atoms with Crippen molar-refractivity contribution in [2.75, 3.05) is 0 Å². The molecule has 105 heavy (non-hydrogen) atoms. The van der Waals surface area contributed by atoms with E-state index in [0.29, 0.717) is 0 Å². The molecule has 6 aliphatic carbocycles. The fraction of sp³-hybridized carbons (Fsp3) is 0.543. The van der Waals surface area contributed by atoms with Gasteiger partial charge in [-0.2, -0.15) is 0 Å². The van der Waals surface area contributed by atoms with E-state index in [0.717, 1.165) is 70.0 Å². The maximum Gasteiger partial charge on any atom is 0.0249 e. The topological polar surface area (TPSA) is 0 Å². The van der Waals surface area contributed by atoms with Crippen molar-refractivity contribution in [2.24, 2.45) is 53.3 Å². The molecule has 0 radical (unpaired) electrons. The summed E-state index contributed by atoms with van der Waals surface area (Å²) < 4.78 is 0. The number of unbranched alkanes of at least 4 members (excludes halogenated alkanes) is 9. The number of hydrogen-bond donors (Lipinski definition) is 0. The van der Waals surface area contributed by atoms with Gasteiger partial charge < -0.3 is 0 Å². The highest BCUT2D eigenvalue weighted by Gasteiger charge is 2.31. The van der Waals surface area contributed by atoms with Gasteiger partial charge in [0, 0.05) is 16.7 Å². The van der Waals surface area contributed by atoms with Gasteiger partial charge in [0.15, 0.2) is 0 Å². The summed E-state index contributed by atoms with van der Waals surface area (Å²) in [5, 5.41) is 0. The van der Waals surface area contributed by atoms with Gasteiger partial charge in [-0.05, 0) is 291 Å². The third-order valence-corrected chi connectivity index (χ3v) is 25.7. The first-order chi connectivity index (χ1) is 51.7. The largest absolute Gasteiger partial charge is 0.0726 e. The average Bonchev–Trinajstić information content (AvgIpc) is 0.886. The zero-order valence-corrected chi connectivity index (χ0v) is 67.0. The summed E-state index contributed by atoms with van der Waals surface area (Å²) in [5.74, 6) is 29.5. The first kappa shape index (κ1) is 80.8. The van der Waals surface area contributed by atoms with E-state index in [1.54, 1.807) is 0 Å². The molecule has 3 unspecified atom stereocenters. The maximum atomic E-state index is 3.50. The van der Waals surface area contributed by atoms with Crippen molar-refractivity contribution in [2.45, 2.75) is 311 Å². The molecule has 0 N–H and O–H groups in total. The van der Waals surface area contributed by atoms with Gasteiger partial charge in [0.2, 0.25) is 0 Å². The van der Waals surface area contributed by atoms with Crippen LogP contribution in [-0.4, -0.2) is 0 Å². The lowest BCUT2D eigenvalue weighted by Gasteiger charge is -2.35. The van der Waals surface area contributed by atoms with Crippen molar-refractivity contribution in [3.63, 3.8) is 0 Å². The standard InChI is InChI=1S/C36H48.C35H46.C34H44/c1-3-5-7-9-29-13-21-33(22-14-29)35-25-17-31(18-26-35)11-12-32-19-27-36(28-20-32)34-23-15-30(16-24-34)10-8-6-4-2;1-3-5-7-9-29-14-22-33(23-15-29)35-26-18-31(19-27-35)11-10-30-16-24-34(25-17-30)32-20-12-28(13-21-32)8-6-4-2;1-3-5-6-8-28-13-21-32(22-14-28)34-25-17-30(18-26-34)10-9-29-15-23-33(24-16-29)31-19-11-27(7-4-2)12-20-31/h13-14,17-19,21-22,25-26,30,34,36H,3-10,15-16,20,23-24,27-28H2,1-2H3;14-16,18-19,22-23,26-28,32,34H,3-9,12-13,17,20-21,24-25H2,1-2H3;13-15,17-18,21-22,25-27,31,33H,3-8,11-12,16,19-20,23-24H2,1-2H3. The Bertz CT molecular complexity index is 3710. The lowest BCUT2D eigenvalue weighted by atomic mass is 9.70. The molecule has 12 rings (SSSR count). The quantitative estimate of drug-likeness (QED) is 0.0356. The normalized spacial score (nSPS) is 22.2. The molecule has 0 nitrogen and oxygen atoms in total. The molecule has 0 heterocycles. The van der Waals surface area contributed by atoms with Crippen LogP contribution in [-0.2, 0) is 19.3 Å². The molecule has 0 saturated heterocycles. The van der Waals surface area contributed by atoms with Gasteiger partial charge in [0.1, 0.15) is 0 Å². The van der Waals surface area contributed by atoms with Crippen molar-refractivity contribution in [1.29, 1.82) is 0 Å². The lowest BCUT2D eigenvalue weighted by Crippen LogP contribution is -2.23. The summed E-state index contributed by atoms with van der Waals surface area (Å²) in [6.07, 6.45) is 64.5. The monoisotopic (exact) mass is 1400 g/mol. The molecule has 558 valence electrons. The maximum absolute atomic E-state index is 3.50. The van der Waals surface area contributed by atoms with Gasteiger partial charge in [-0.1, -0.05) is 339 Å². The van der Waals surface area contributed by atoms with E-state index in [1.807, 2.05) is 0 Å². The van der Waals surface area contributed by atoms with Gasteiger partial charge in [0.25, 0.3) is 0 Å². The van der Waals surface area contributed by atoms with Crippen LogP contribution in [0.4, 0.5) is 0 Å². The molecule has 6 aliphatic rings. The zero-order chi connectivity index (χ0) is 72.9. The van der Waals surface area contributed by atoms with Crippen LogP contribution >= 0.6 is 0 Å². The molecule has 3 atom stereocenters. The molecule has 0 bridgehead atoms. The molecule has 0 aromatic heterocycles. The summed E-state index contributed by atoms with van der Waals surface area (Å²) in [6.45, 7) is 13.8. The molecule has 3 fully saturated rings. The minimum Gasteiger partial charge on any atom is -0.0726 e. The minimum atomic E-state index is 0.907. The molecule has 0 aliphatic heterocycles. The Morgan fingerprint density at radius 3 is 0.743 bits per heavy atom. The summed E-state index contributed by atoms with van der Waals surface area (Å²) in [4.78, 5) is 0. The number of rotatable bonds is 27. The fourth-order valence-electron chi connectivity index (χ4n) is 18.6. The van der Waals surface area contributed by atoms with Crippen LogP contribution in [0.5, 0.6) is 0 Å². The Hall–Kier alpha value is -6.78. The second kappa shape index (κ2) is 45.8. The van der Waals surface area contributed by atoms with Crippen molar-refractivity contribution >= 4 is 0 Å². The number of benzene rings is 6. The van der Waals surface area contributed by atoms with Crippen LogP contribution in [0.2, 0.25) is 0 Å². The molecule has 6 aromatic carbocycles. The van der Waals surface area contributed by atoms with Gasteiger partial charge in [-0.3, -0.25) is 0 Å². The second-order valence-corrected chi connectivity index (χ2v) is 33.5. The van der Waals surface area contributed by atoms with E-state index in [2.05, 4.69) is 241 Å². The van der Waals surface area contributed by atoms with Gasteiger partial charge in [-0.15, -0.1) is 0 Å². The van der Waals surface area contributed by atoms with Crippen LogP contribution in [0.3, 0.4) is 0 Å². The molecule has 6 aromatic rings. The highest BCUT2D eigenvalue weighted by Crippen LogP contribution is 2.44. The number of aryl methyl sites for hydroxylation is 3. The zero-order valence-electron chi connectivity index (χ0n) is 67.0. The van der Waals surface area contributed by atoms with Crippen LogP contribution in [0.25, 0.3) is 33.4 Å². The van der Waals surface area contributed by atoms with Crippen molar-refractivity contribution in [3.8, 4) is 68.9 Å². The molecule has 3 saturated carbocycles. The first-order valence-electron chi connectivity index (χ1n) is 44.0. The lowest BCUT2D eigenvalue weighted by molar-refractivity contribution is 0.186. The Kier molecular flexibility index (Phi) is 35.2. The summed E-state index contributed by atoms with van der Waals surface area (Å²) >= 11 is 0. The molecule has 0 amide bonds. The third kappa shape index (κ3) is 27.4. The Balaban J connectivity index is 0.000000169. The van der Waals surface area contributed by atoms with Gasteiger partial charge in [-0.25, -0.2) is 0 Å². The molecule has 0 heteroatoms. The Morgan fingerprint density at radius 2 is 0.486 bits per heavy atom. The summed E-state index contributed by atoms with van der Waals surface area (Å²) in [6, 6.07) is 53.8. The first-order valence-corrected chi connectivity index (χ1v) is 44.0. The van der Waals surface area contributed by atoms with Crippen molar-refractivity contribution < 1.29 is 0 Å². The number of allylic oxidation sites excluding steroid dienone is 6. The van der Waals surface area contributed by atoms with E-state index in [1.165, 1.54) is 336 Å². The van der Waals surface area contributed by atoms with Gasteiger partial charge in [0.05, 0.1) is 0 Å². The minimum absolute atomic E-state index is 0.907. The highest BCUT2D eigenvalue weighted by atomic mass is 14.4. The van der Waals surface area contributed by atoms with Crippen LogP contribution in [0.1, 0.15) is 325 Å². The van der Waals surface area contributed by atoms with E-state index in [4.69, 9.17) is 0 Å². The average molecular weight is 1400 g/mol. The Labute approximate surface area is 643 Å². The highest BCUT2D eigenvalue weighted by molar-refractivity contribution is 5.67. The predicted octanol–water partition coefficient (Wildman–Crippen LogP) is 30.5. The van der Waals surface area contributed by atoms with Crippen LogP contribution in [0, 0.1) is 88.8 Å². The van der Waals surface area contributed by atoms with Gasteiger partial charge >= 0.3 is 0 Å². The summed E-state index contributed by atoms with van der Waals surface area (Å²) in [7, 11) is 0. The molecular formula is C105H138. The predicted molar refractivity (Wildman–Crippen MR) is 457 cm³/mol. The van der Waals surface area contributed by atoms with E-state index in [-0.39, 0.29) is 0 Å². The van der Waals surface area contributed by atoms with Crippen molar-refractivity contribution in [1.82, 2.24) is 0 Å². The molecule has 0 spiro atoms. The van der Waals surface area contributed by atoms with E-state index in [9.17, 15) is 0 Å². The molecular weight excluding hydrogens is 1260 g/mol. The SMILES string of the molecule is CCCCCc1ccc(-c2ccc(C#CC3=CCC(C4CCC(CCC)CC4)CC3)cc2)cc1.CCCCCc1ccc(-c2ccc(C#CC3=CCC(C4CCC(CCCC)CC4)CC3)cc2)cc1.CCCCCc1ccc(-c2ccc(C#CC3=CCC(C4CCC(CCCCC)CC4)CC3)cc2)cc1. The second-order valence-electron chi connectivity index (χ2n) is 33.5. The van der Waals surface area contributed by atoms with Crippen LogP contribution in [0.15, 0.2) is 181 Å². The summed E-state index contributed by atoms with van der Waals surface area (Å²) in [5.41, 5.74) is 19.5.